The predicted molar refractivity (Wildman–Crippen MR) is 173 cm³/mol. The first-order valence-electron chi connectivity index (χ1n) is 15.0. The van der Waals surface area contributed by atoms with Crippen LogP contribution in [0.5, 0.6) is 0 Å². The molecular weight excluding hydrogens is 464 g/mol. The van der Waals surface area contributed by atoms with Gasteiger partial charge in [-0.3, -0.25) is 4.79 Å². The molecule has 2 heteroatoms. The summed E-state index contributed by atoms with van der Waals surface area (Å²) in [4.78, 5) is 10.5. The standard InChI is InChI=1S/C16H26.C10H14.C7H12O.C2H6.CH4O/c1-2-3-4-5-6-7-8-9-10-13-16-14-11-12-15-16;1-4-7-10(8-5-2)9-6-3;1-3-5-6-7(8)4-2;2*1-2/h2-6,16H,1,7-15H2;1-2,10H,6-9H2,3H3;3H,1,4-6H2,2H3;1-2H3;2H,1H3/b4-3-,6-5+;;;;. The molecule has 1 N–H and O–H groups in total. The maximum atomic E-state index is 10.5. The van der Waals surface area contributed by atoms with Crippen molar-refractivity contribution in [2.45, 2.75) is 130 Å². The van der Waals surface area contributed by atoms with Crippen LogP contribution >= 0.6 is 0 Å². The molecule has 1 aliphatic carbocycles. The molecule has 0 saturated heterocycles. The fraction of sp³-hybridized carbons (Fsp3) is 0.639. The van der Waals surface area contributed by atoms with Gasteiger partial charge < -0.3 is 5.11 Å². The van der Waals surface area contributed by atoms with Gasteiger partial charge in [-0.2, -0.15) is 0 Å². The maximum Gasteiger partial charge on any atom is 0.132 e. The summed E-state index contributed by atoms with van der Waals surface area (Å²) >= 11 is 0. The van der Waals surface area contributed by atoms with Gasteiger partial charge in [-0.05, 0) is 37.5 Å². The molecule has 0 unspecified atom stereocenters. The Bertz CT molecular complexity index is 605. The molecule has 1 rings (SSSR count). The topological polar surface area (TPSA) is 37.3 Å². The highest BCUT2D eigenvalue weighted by atomic mass is 16.2. The third kappa shape index (κ3) is 38.2. The van der Waals surface area contributed by atoms with Gasteiger partial charge in [-0.25, -0.2) is 0 Å². The van der Waals surface area contributed by atoms with Crippen LogP contribution in [0.15, 0.2) is 49.6 Å². The van der Waals surface area contributed by atoms with E-state index in [-0.39, 0.29) is 0 Å². The van der Waals surface area contributed by atoms with Crippen LogP contribution in [0.3, 0.4) is 0 Å². The van der Waals surface area contributed by atoms with Gasteiger partial charge in [0.15, 0.2) is 0 Å². The maximum absolute atomic E-state index is 10.5. The number of ketones is 1. The summed E-state index contributed by atoms with van der Waals surface area (Å²) in [5.74, 6) is 7.24. The second-order valence-electron chi connectivity index (χ2n) is 9.03. The Hall–Kier alpha value is -2.29. The molecule has 0 amide bonds. The number of terminal acetylenes is 2. The fourth-order valence-corrected chi connectivity index (χ4v) is 3.95. The average Bonchev–Trinajstić information content (AvgIpc) is 3.48. The zero-order valence-corrected chi connectivity index (χ0v) is 25.9. The lowest BCUT2D eigenvalue weighted by Crippen LogP contribution is -1.96. The van der Waals surface area contributed by atoms with E-state index in [1.54, 1.807) is 6.08 Å². The third-order valence-electron chi connectivity index (χ3n) is 5.98. The van der Waals surface area contributed by atoms with Crippen LogP contribution in [-0.4, -0.2) is 18.0 Å². The molecule has 0 bridgehead atoms. The van der Waals surface area contributed by atoms with Crippen molar-refractivity contribution in [1.82, 2.24) is 0 Å². The van der Waals surface area contributed by atoms with Gasteiger partial charge in [0.2, 0.25) is 0 Å². The van der Waals surface area contributed by atoms with Crippen molar-refractivity contribution >= 4 is 5.78 Å². The van der Waals surface area contributed by atoms with Crippen LogP contribution in [0.1, 0.15) is 130 Å². The number of Topliss-reactive ketones (excluding diaryl/α,β-unsaturated/α-hetero) is 1. The van der Waals surface area contributed by atoms with Crippen LogP contribution in [0.2, 0.25) is 0 Å². The molecule has 0 spiro atoms. The van der Waals surface area contributed by atoms with Gasteiger partial charge in [-0.1, -0.05) is 122 Å². The molecule has 1 saturated carbocycles. The Morgan fingerprint density at radius 3 is 2.03 bits per heavy atom. The first-order chi connectivity index (χ1) is 18.6. The molecule has 218 valence electrons. The van der Waals surface area contributed by atoms with Crippen molar-refractivity contribution in [1.29, 1.82) is 0 Å². The van der Waals surface area contributed by atoms with E-state index in [0.29, 0.717) is 24.5 Å². The lowest BCUT2D eigenvalue weighted by molar-refractivity contribution is -0.118. The number of carbonyl (C=O) groups excluding carboxylic acids is 1. The van der Waals surface area contributed by atoms with Gasteiger partial charge in [0.1, 0.15) is 5.78 Å². The minimum Gasteiger partial charge on any atom is -0.400 e. The first kappa shape index (κ1) is 42.8. The number of hydrogen-bond acceptors (Lipinski definition) is 2. The summed E-state index contributed by atoms with van der Waals surface area (Å²) < 4.78 is 0. The third-order valence-corrected chi connectivity index (χ3v) is 5.98. The number of carbonyl (C=O) groups is 1. The molecule has 0 aliphatic heterocycles. The van der Waals surface area contributed by atoms with E-state index in [4.69, 9.17) is 18.0 Å². The van der Waals surface area contributed by atoms with Crippen LogP contribution < -0.4 is 0 Å². The molecule has 0 aromatic rings. The lowest BCUT2D eigenvalue weighted by Gasteiger charge is -2.07. The number of unbranched alkanes of at least 4 members (excludes halogenated alkanes) is 3. The molecule has 0 atom stereocenters. The Labute approximate surface area is 239 Å². The van der Waals surface area contributed by atoms with E-state index in [1.165, 1.54) is 64.2 Å². The first-order valence-corrected chi connectivity index (χ1v) is 15.0. The summed E-state index contributed by atoms with van der Waals surface area (Å²) in [5, 5.41) is 7.00. The van der Waals surface area contributed by atoms with Crippen molar-refractivity contribution in [2.75, 3.05) is 7.11 Å². The largest absolute Gasteiger partial charge is 0.400 e. The second kappa shape index (κ2) is 41.8. The molecule has 1 aliphatic rings. The lowest BCUT2D eigenvalue weighted by atomic mass is 9.97. The van der Waals surface area contributed by atoms with E-state index in [0.717, 1.165) is 38.7 Å². The number of aliphatic hydroxyl groups excluding tert-OH is 1. The zero-order valence-electron chi connectivity index (χ0n) is 25.9. The van der Waals surface area contributed by atoms with Crippen molar-refractivity contribution in [3.05, 3.63) is 49.6 Å². The number of hydrogen-bond donors (Lipinski definition) is 1. The van der Waals surface area contributed by atoms with Gasteiger partial charge >= 0.3 is 0 Å². The highest BCUT2D eigenvalue weighted by Gasteiger charge is 2.13. The zero-order chi connectivity index (χ0) is 29.7. The minimum absolute atomic E-state index is 0.324. The second-order valence-corrected chi connectivity index (χ2v) is 9.03. The number of aliphatic hydroxyl groups is 1. The molecule has 2 nitrogen and oxygen atoms in total. The monoisotopic (exact) mass is 526 g/mol. The van der Waals surface area contributed by atoms with E-state index in [2.05, 4.69) is 44.1 Å². The van der Waals surface area contributed by atoms with E-state index in [1.807, 2.05) is 39.0 Å². The van der Waals surface area contributed by atoms with Gasteiger partial charge in [0.05, 0.1) is 0 Å². The molecule has 0 aromatic heterocycles. The van der Waals surface area contributed by atoms with Crippen molar-refractivity contribution in [3.8, 4) is 24.7 Å². The Balaban J connectivity index is -0.000000227. The van der Waals surface area contributed by atoms with Crippen LogP contribution in [0, 0.1) is 36.5 Å². The molecule has 0 radical (unpaired) electrons. The van der Waals surface area contributed by atoms with Gasteiger partial charge in [0, 0.05) is 32.8 Å². The minimum atomic E-state index is 0.324. The predicted octanol–water partition coefficient (Wildman–Crippen LogP) is 10.4. The average molecular weight is 527 g/mol. The van der Waals surface area contributed by atoms with Crippen molar-refractivity contribution in [2.24, 2.45) is 11.8 Å². The number of allylic oxidation sites excluding steroid dienone is 6. The normalized spacial score (nSPS) is 11.9. The summed E-state index contributed by atoms with van der Waals surface area (Å²) in [6, 6.07) is 0. The number of rotatable bonds is 16. The van der Waals surface area contributed by atoms with Crippen molar-refractivity contribution in [3.63, 3.8) is 0 Å². The molecule has 1 fully saturated rings. The smallest absolute Gasteiger partial charge is 0.132 e. The van der Waals surface area contributed by atoms with Crippen LogP contribution in [0.4, 0.5) is 0 Å². The molecule has 0 aromatic carbocycles. The SMILES string of the molecule is C#CCC(CC#C)CCC.C=C/C=C\C=C\CCCCCC1CCCC1.C=CCCC(=O)CC.CC.CO. The van der Waals surface area contributed by atoms with Gasteiger partial charge in [0.25, 0.3) is 0 Å². The van der Waals surface area contributed by atoms with E-state index < -0.39 is 0 Å². The molecule has 0 heterocycles. The highest BCUT2D eigenvalue weighted by Crippen LogP contribution is 2.29. The summed E-state index contributed by atoms with van der Waals surface area (Å²) in [5.41, 5.74) is 0. The Kier molecular flexibility index (Phi) is 47.1. The van der Waals surface area contributed by atoms with Crippen molar-refractivity contribution < 1.29 is 9.90 Å². The molecular formula is C36H62O2. The van der Waals surface area contributed by atoms with Gasteiger partial charge in [-0.15, -0.1) is 31.3 Å². The quantitative estimate of drug-likeness (QED) is 0.0939. The Morgan fingerprint density at radius 1 is 0.947 bits per heavy atom. The molecule has 38 heavy (non-hydrogen) atoms. The summed E-state index contributed by atoms with van der Waals surface area (Å²) in [6.07, 6.45) is 41.4. The van der Waals surface area contributed by atoms with Crippen LogP contribution in [0.25, 0.3) is 0 Å². The van der Waals surface area contributed by atoms with E-state index >= 15 is 0 Å². The summed E-state index contributed by atoms with van der Waals surface area (Å²) in [7, 11) is 1.00. The highest BCUT2D eigenvalue weighted by molar-refractivity contribution is 5.78. The van der Waals surface area contributed by atoms with E-state index in [9.17, 15) is 4.79 Å². The summed E-state index contributed by atoms with van der Waals surface area (Å²) in [6.45, 7) is 15.2. The Morgan fingerprint density at radius 2 is 1.55 bits per heavy atom. The van der Waals surface area contributed by atoms with Crippen LogP contribution in [-0.2, 0) is 4.79 Å². The fourth-order valence-electron chi connectivity index (χ4n) is 3.95.